The van der Waals surface area contributed by atoms with Gasteiger partial charge < -0.3 is 15.6 Å². The quantitative estimate of drug-likeness (QED) is 0.674. The van der Waals surface area contributed by atoms with E-state index in [4.69, 9.17) is 5.73 Å². The number of nitrogens with zero attached hydrogens (tertiary/aromatic N) is 1. The van der Waals surface area contributed by atoms with E-state index in [1.165, 1.54) is 5.69 Å². The number of aromatic amines is 1. The molecule has 1 heterocycles. The SMILES string of the molecule is CC(N)CN(C)c1cc[nH]c1. The first kappa shape index (κ1) is 8.14. The Morgan fingerprint density at radius 2 is 2.45 bits per heavy atom. The molecule has 0 radical (unpaired) electrons. The van der Waals surface area contributed by atoms with E-state index < -0.39 is 0 Å². The standard InChI is InChI=1S/C8H15N3/c1-7(9)6-11(2)8-3-4-10-5-8/h3-5,7,10H,6,9H2,1-2H3. The van der Waals surface area contributed by atoms with E-state index in [0.29, 0.717) is 0 Å². The van der Waals surface area contributed by atoms with Crippen LogP contribution >= 0.6 is 0 Å². The van der Waals surface area contributed by atoms with E-state index in [1.54, 1.807) is 0 Å². The summed E-state index contributed by atoms with van der Waals surface area (Å²) >= 11 is 0. The number of hydrogen-bond acceptors (Lipinski definition) is 2. The van der Waals surface area contributed by atoms with E-state index in [1.807, 2.05) is 32.4 Å². The van der Waals surface area contributed by atoms with Gasteiger partial charge in [-0.05, 0) is 13.0 Å². The summed E-state index contributed by atoms with van der Waals surface area (Å²) in [6, 6.07) is 2.25. The summed E-state index contributed by atoms with van der Waals surface area (Å²) in [5, 5.41) is 0. The van der Waals surface area contributed by atoms with Gasteiger partial charge in [0, 0.05) is 32.0 Å². The van der Waals surface area contributed by atoms with E-state index in [0.717, 1.165) is 6.54 Å². The van der Waals surface area contributed by atoms with Gasteiger partial charge in [-0.2, -0.15) is 0 Å². The van der Waals surface area contributed by atoms with Gasteiger partial charge in [0.05, 0.1) is 5.69 Å². The van der Waals surface area contributed by atoms with E-state index in [2.05, 4.69) is 9.88 Å². The predicted octanol–water partition coefficient (Wildman–Crippen LogP) is 0.798. The third-order valence-electron chi connectivity index (χ3n) is 1.58. The number of aromatic nitrogens is 1. The van der Waals surface area contributed by atoms with Crippen LogP contribution in [0.5, 0.6) is 0 Å². The van der Waals surface area contributed by atoms with Crippen molar-refractivity contribution in [2.24, 2.45) is 5.73 Å². The molecule has 0 bridgehead atoms. The van der Waals surface area contributed by atoms with Gasteiger partial charge in [0.1, 0.15) is 0 Å². The third-order valence-corrected chi connectivity index (χ3v) is 1.58. The Morgan fingerprint density at radius 3 is 2.91 bits per heavy atom. The van der Waals surface area contributed by atoms with Crippen LogP contribution in [0.25, 0.3) is 0 Å². The second-order valence-corrected chi connectivity index (χ2v) is 2.93. The minimum absolute atomic E-state index is 0.217. The van der Waals surface area contributed by atoms with Gasteiger partial charge >= 0.3 is 0 Å². The Kier molecular flexibility index (Phi) is 2.54. The van der Waals surface area contributed by atoms with Crippen LogP contribution in [-0.2, 0) is 0 Å². The van der Waals surface area contributed by atoms with Crippen LogP contribution in [-0.4, -0.2) is 24.6 Å². The highest BCUT2D eigenvalue weighted by molar-refractivity contribution is 5.43. The van der Waals surface area contributed by atoms with Gasteiger partial charge in [0.25, 0.3) is 0 Å². The van der Waals surface area contributed by atoms with Crippen LogP contribution in [0.2, 0.25) is 0 Å². The van der Waals surface area contributed by atoms with Gasteiger partial charge in [0.15, 0.2) is 0 Å². The highest BCUT2D eigenvalue weighted by Gasteiger charge is 2.02. The minimum atomic E-state index is 0.217. The minimum Gasteiger partial charge on any atom is -0.372 e. The Balaban J connectivity index is 2.49. The lowest BCUT2D eigenvalue weighted by atomic mass is 10.3. The molecule has 1 aromatic heterocycles. The smallest absolute Gasteiger partial charge is 0.0541 e. The molecule has 3 nitrogen and oxygen atoms in total. The summed E-state index contributed by atoms with van der Waals surface area (Å²) < 4.78 is 0. The Labute approximate surface area is 67.2 Å². The lowest BCUT2D eigenvalue weighted by molar-refractivity contribution is 0.718. The van der Waals surface area contributed by atoms with Gasteiger partial charge in [-0.3, -0.25) is 0 Å². The van der Waals surface area contributed by atoms with Crippen LogP contribution in [0.3, 0.4) is 0 Å². The zero-order valence-corrected chi connectivity index (χ0v) is 7.04. The molecule has 0 aliphatic heterocycles. The molecule has 3 heteroatoms. The Morgan fingerprint density at radius 1 is 1.73 bits per heavy atom. The fourth-order valence-corrected chi connectivity index (χ4v) is 1.09. The molecular weight excluding hydrogens is 138 g/mol. The number of H-pyrrole nitrogens is 1. The first-order valence-electron chi connectivity index (χ1n) is 3.79. The van der Waals surface area contributed by atoms with Crippen LogP contribution < -0.4 is 10.6 Å². The molecule has 1 aromatic rings. The average Bonchev–Trinajstić information content (AvgIpc) is 2.35. The monoisotopic (exact) mass is 153 g/mol. The fraction of sp³-hybridized carbons (Fsp3) is 0.500. The molecule has 0 amide bonds. The molecule has 0 saturated heterocycles. The molecule has 1 atom stereocenters. The molecule has 1 rings (SSSR count). The van der Waals surface area contributed by atoms with Crippen molar-refractivity contribution in [3.63, 3.8) is 0 Å². The molecule has 0 spiro atoms. The lowest BCUT2D eigenvalue weighted by Crippen LogP contribution is -2.32. The Bertz CT molecular complexity index is 191. The van der Waals surface area contributed by atoms with Gasteiger partial charge in [-0.15, -0.1) is 0 Å². The first-order chi connectivity index (χ1) is 5.20. The van der Waals surface area contributed by atoms with Crippen LogP contribution in [0.15, 0.2) is 18.5 Å². The van der Waals surface area contributed by atoms with Crippen molar-refractivity contribution in [3.8, 4) is 0 Å². The second kappa shape index (κ2) is 3.44. The Hall–Kier alpha value is -0.960. The number of nitrogens with one attached hydrogen (secondary N) is 1. The van der Waals surface area contributed by atoms with Crippen molar-refractivity contribution in [1.82, 2.24) is 4.98 Å². The maximum absolute atomic E-state index is 5.65. The lowest BCUT2D eigenvalue weighted by Gasteiger charge is -2.19. The zero-order valence-electron chi connectivity index (χ0n) is 7.04. The molecule has 1 unspecified atom stereocenters. The molecule has 62 valence electrons. The topological polar surface area (TPSA) is 45.0 Å². The highest BCUT2D eigenvalue weighted by Crippen LogP contribution is 2.09. The molecule has 0 saturated carbocycles. The fourth-order valence-electron chi connectivity index (χ4n) is 1.09. The summed E-state index contributed by atoms with van der Waals surface area (Å²) in [6.45, 7) is 2.89. The molecular formula is C8H15N3. The van der Waals surface area contributed by atoms with Crippen molar-refractivity contribution >= 4 is 5.69 Å². The number of likely N-dealkylation sites (N-methyl/N-ethyl adjacent to an activating group) is 1. The van der Waals surface area contributed by atoms with Crippen molar-refractivity contribution in [1.29, 1.82) is 0 Å². The van der Waals surface area contributed by atoms with Gasteiger partial charge in [0.2, 0.25) is 0 Å². The van der Waals surface area contributed by atoms with Crippen LogP contribution in [0.1, 0.15) is 6.92 Å². The molecule has 0 aliphatic rings. The van der Waals surface area contributed by atoms with E-state index in [-0.39, 0.29) is 6.04 Å². The molecule has 3 N–H and O–H groups in total. The second-order valence-electron chi connectivity index (χ2n) is 2.93. The van der Waals surface area contributed by atoms with Crippen LogP contribution in [0.4, 0.5) is 5.69 Å². The van der Waals surface area contributed by atoms with Crippen LogP contribution in [0, 0.1) is 0 Å². The number of anilines is 1. The summed E-state index contributed by atoms with van der Waals surface area (Å²) in [4.78, 5) is 5.13. The molecule has 0 fully saturated rings. The van der Waals surface area contributed by atoms with Crippen molar-refractivity contribution in [2.45, 2.75) is 13.0 Å². The van der Waals surface area contributed by atoms with E-state index in [9.17, 15) is 0 Å². The normalized spacial score (nSPS) is 13.0. The van der Waals surface area contributed by atoms with Crippen molar-refractivity contribution < 1.29 is 0 Å². The van der Waals surface area contributed by atoms with E-state index >= 15 is 0 Å². The maximum atomic E-state index is 5.65. The number of rotatable bonds is 3. The van der Waals surface area contributed by atoms with Gasteiger partial charge in [-0.25, -0.2) is 0 Å². The molecule has 0 aromatic carbocycles. The maximum Gasteiger partial charge on any atom is 0.0541 e. The summed E-state index contributed by atoms with van der Waals surface area (Å²) in [5.41, 5.74) is 6.83. The summed E-state index contributed by atoms with van der Waals surface area (Å²) in [6.07, 6.45) is 3.87. The first-order valence-corrected chi connectivity index (χ1v) is 3.79. The predicted molar refractivity (Wildman–Crippen MR) is 47.7 cm³/mol. The summed E-state index contributed by atoms with van der Waals surface area (Å²) in [7, 11) is 2.03. The average molecular weight is 153 g/mol. The molecule has 11 heavy (non-hydrogen) atoms. The number of nitrogens with two attached hydrogens (primary N) is 1. The van der Waals surface area contributed by atoms with Crippen molar-refractivity contribution in [2.75, 3.05) is 18.5 Å². The van der Waals surface area contributed by atoms with Gasteiger partial charge in [-0.1, -0.05) is 0 Å². The largest absolute Gasteiger partial charge is 0.372 e. The van der Waals surface area contributed by atoms with Crippen molar-refractivity contribution in [3.05, 3.63) is 18.5 Å². The third kappa shape index (κ3) is 2.27. The number of hydrogen-bond donors (Lipinski definition) is 2. The highest BCUT2D eigenvalue weighted by atomic mass is 15.1. The summed E-state index contributed by atoms with van der Waals surface area (Å²) in [5.74, 6) is 0. The molecule has 0 aliphatic carbocycles. The zero-order chi connectivity index (χ0) is 8.27.